The Kier molecular flexibility index (Phi) is 5.52. The third-order valence-corrected chi connectivity index (χ3v) is 8.95. The Morgan fingerprint density at radius 3 is 2.40 bits per heavy atom. The van der Waals surface area contributed by atoms with Crippen LogP contribution in [0.1, 0.15) is 41.2 Å². The fourth-order valence-corrected chi connectivity index (χ4v) is 7.47. The topological polar surface area (TPSA) is 130 Å². The largest absolute Gasteiger partial charge is 0.478 e. The molecular weight excluding hydrogens is 412 g/mol. The van der Waals surface area contributed by atoms with E-state index >= 15 is 0 Å². The Morgan fingerprint density at radius 1 is 1.13 bits per heavy atom. The second-order valence-corrected chi connectivity index (χ2v) is 10.5. The van der Waals surface area contributed by atoms with Gasteiger partial charge in [0.2, 0.25) is 0 Å². The number of carbonyl (C=O) groups is 1. The molecule has 2 aliphatic carbocycles. The van der Waals surface area contributed by atoms with Crippen LogP contribution in [0.2, 0.25) is 0 Å². The lowest BCUT2D eigenvalue weighted by Gasteiger charge is -2.34. The highest BCUT2D eigenvalue weighted by atomic mass is 32.2. The molecule has 4 atom stereocenters. The van der Waals surface area contributed by atoms with Crippen LogP contribution in [0.5, 0.6) is 0 Å². The van der Waals surface area contributed by atoms with Crippen molar-refractivity contribution in [2.24, 2.45) is 0 Å². The average Bonchev–Trinajstić information content (AvgIpc) is 3.30. The molecule has 4 rings (SSSR count). The first-order chi connectivity index (χ1) is 14.2. The van der Waals surface area contributed by atoms with Gasteiger partial charge in [-0.15, -0.1) is 0 Å². The van der Waals surface area contributed by atoms with Crippen LogP contribution < -0.4 is 0 Å². The normalized spacial score (nSPS) is 33.5. The van der Waals surface area contributed by atoms with Crippen molar-refractivity contribution in [3.63, 3.8) is 0 Å². The minimum atomic E-state index is -3.84. The molecule has 9 heteroatoms. The highest BCUT2D eigenvalue weighted by Crippen LogP contribution is 2.46. The zero-order valence-corrected chi connectivity index (χ0v) is 17.5. The van der Waals surface area contributed by atoms with Gasteiger partial charge in [0, 0.05) is 6.42 Å². The molecule has 1 spiro atoms. The van der Waals surface area contributed by atoms with Crippen molar-refractivity contribution in [3.8, 4) is 0 Å². The van der Waals surface area contributed by atoms with Crippen molar-refractivity contribution >= 4 is 15.8 Å². The fourth-order valence-electron chi connectivity index (χ4n) is 5.00. The molecule has 0 radical (unpaired) electrons. The van der Waals surface area contributed by atoms with E-state index in [2.05, 4.69) is 0 Å². The monoisotopic (exact) mass is 438 g/mol. The Bertz CT molecular complexity index is 971. The molecule has 0 saturated carbocycles. The number of aliphatic hydroxyl groups is 2. The predicted octanol–water partition coefficient (Wildman–Crippen LogP) is 1.04. The summed E-state index contributed by atoms with van der Waals surface area (Å²) in [6.45, 7) is 1.08. The Balaban J connectivity index is 1.70. The number of benzene rings is 1. The number of aryl methyl sites for hydroxylation is 2. The van der Waals surface area contributed by atoms with Crippen molar-refractivity contribution in [2.45, 2.75) is 61.1 Å². The van der Waals surface area contributed by atoms with Gasteiger partial charge in [-0.1, -0.05) is 18.2 Å². The van der Waals surface area contributed by atoms with Crippen molar-refractivity contribution in [2.75, 3.05) is 13.2 Å². The van der Waals surface area contributed by atoms with Gasteiger partial charge in [-0.3, -0.25) is 0 Å². The van der Waals surface area contributed by atoms with E-state index in [1.165, 1.54) is 6.08 Å². The van der Waals surface area contributed by atoms with Crippen LogP contribution >= 0.6 is 0 Å². The van der Waals surface area contributed by atoms with Gasteiger partial charge in [-0.05, 0) is 49.0 Å². The van der Waals surface area contributed by atoms with E-state index in [1.807, 2.05) is 25.1 Å². The SMILES string of the molecule is Cc1cccc2c1C(S(=O)(=O)C1CCC3(C=C1C(=O)O)OC(CO)C(CO)O3)CC2. The number of carboxylic acid groups (broad SMARTS) is 1. The van der Waals surface area contributed by atoms with E-state index in [9.17, 15) is 28.5 Å². The van der Waals surface area contributed by atoms with Crippen molar-refractivity contribution in [1.29, 1.82) is 0 Å². The molecule has 1 heterocycles. The van der Waals surface area contributed by atoms with Crippen molar-refractivity contribution in [3.05, 3.63) is 46.5 Å². The lowest BCUT2D eigenvalue weighted by molar-refractivity contribution is -0.153. The summed E-state index contributed by atoms with van der Waals surface area (Å²) in [6, 6.07) is 5.70. The summed E-state index contributed by atoms with van der Waals surface area (Å²) in [5.41, 5.74) is 2.40. The van der Waals surface area contributed by atoms with E-state index in [0.717, 1.165) is 16.7 Å². The minimum Gasteiger partial charge on any atom is -0.478 e. The number of ether oxygens (including phenoxy) is 2. The van der Waals surface area contributed by atoms with E-state index in [0.29, 0.717) is 12.8 Å². The molecule has 0 aromatic heterocycles. The molecule has 1 saturated heterocycles. The van der Waals surface area contributed by atoms with E-state index in [-0.39, 0.29) is 18.4 Å². The van der Waals surface area contributed by atoms with Gasteiger partial charge < -0.3 is 24.8 Å². The van der Waals surface area contributed by atoms with Crippen molar-refractivity contribution in [1.82, 2.24) is 0 Å². The molecule has 1 fully saturated rings. The summed E-state index contributed by atoms with van der Waals surface area (Å²) in [7, 11) is -3.84. The number of sulfone groups is 1. The highest BCUT2D eigenvalue weighted by molar-refractivity contribution is 7.92. The molecule has 1 aromatic carbocycles. The number of rotatable bonds is 5. The summed E-state index contributed by atoms with van der Waals surface area (Å²) in [5, 5.41) is 26.8. The zero-order valence-electron chi connectivity index (χ0n) is 16.7. The Hall–Kier alpha value is -1.78. The molecule has 8 nitrogen and oxygen atoms in total. The maximum absolute atomic E-state index is 13.6. The van der Waals surface area contributed by atoms with Gasteiger partial charge in [-0.25, -0.2) is 13.2 Å². The average molecular weight is 438 g/mol. The molecule has 164 valence electrons. The van der Waals surface area contributed by atoms with Gasteiger partial charge in [0.05, 0.1) is 29.3 Å². The number of hydrogen-bond donors (Lipinski definition) is 3. The van der Waals surface area contributed by atoms with Gasteiger partial charge in [0.1, 0.15) is 12.2 Å². The maximum Gasteiger partial charge on any atom is 0.332 e. The van der Waals surface area contributed by atoms with Crippen LogP contribution in [0.3, 0.4) is 0 Å². The molecule has 0 amide bonds. The number of aliphatic carboxylic acids is 1. The van der Waals surface area contributed by atoms with Gasteiger partial charge in [0.15, 0.2) is 15.6 Å². The van der Waals surface area contributed by atoms with Crippen LogP contribution in [0.4, 0.5) is 0 Å². The highest BCUT2D eigenvalue weighted by Gasteiger charge is 2.52. The van der Waals surface area contributed by atoms with E-state index in [1.54, 1.807) is 0 Å². The maximum atomic E-state index is 13.6. The minimum absolute atomic E-state index is 0.0223. The van der Waals surface area contributed by atoms with Crippen LogP contribution in [0.25, 0.3) is 0 Å². The number of hydrogen-bond acceptors (Lipinski definition) is 7. The summed E-state index contributed by atoms with van der Waals surface area (Å²) < 4.78 is 38.6. The first-order valence-corrected chi connectivity index (χ1v) is 11.7. The van der Waals surface area contributed by atoms with Crippen LogP contribution in [0, 0.1) is 6.92 Å². The van der Waals surface area contributed by atoms with Gasteiger partial charge >= 0.3 is 5.97 Å². The van der Waals surface area contributed by atoms with E-state index < -0.39 is 57.5 Å². The van der Waals surface area contributed by atoms with Crippen LogP contribution in [-0.4, -0.2) is 66.2 Å². The Morgan fingerprint density at radius 2 is 1.80 bits per heavy atom. The number of fused-ring (bicyclic) bond motifs is 1. The molecule has 3 aliphatic rings. The van der Waals surface area contributed by atoms with E-state index in [4.69, 9.17) is 9.47 Å². The number of carboxylic acids is 1. The summed E-state index contributed by atoms with van der Waals surface area (Å²) in [5.74, 6) is -2.80. The smallest absolute Gasteiger partial charge is 0.332 e. The predicted molar refractivity (Wildman–Crippen MR) is 107 cm³/mol. The van der Waals surface area contributed by atoms with Crippen molar-refractivity contribution < 1.29 is 38.0 Å². The Labute approximate surface area is 175 Å². The third-order valence-electron chi connectivity index (χ3n) is 6.41. The summed E-state index contributed by atoms with van der Waals surface area (Å²) in [6.07, 6.45) is 0.822. The fraction of sp³-hybridized carbons (Fsp3) is 0.571. The second kappa shape index (κ2) is 7.72. The van der Waals surface area contributed by atoms with Gasteiger partial charge in [0.25, 0.3) is 0 Å². The molecule has 3 N–H and O–H groups in total. The molecular formula is C21H26O8S. The molecule has 0 bridgehead atoms. The molecule has 30 heavy (non-hydrogen) atoms. The quantitative estimate of drug-likeness (QED) is 0.622. The van der Waals surface area contributed by atoms with Gasteiger partial charge in [-0.2, -0.15) is 0 Å². The van der Waals surface area contributed by atoms with Crippen LogP contribution in [0.15, 0.2) is 29.8 Å². The molecule has 4 unspecified atom stereocenters. The first kappa shape index (κ1) is 21.5. The molecule has 1 aliphatic heterocycles. The zero-order chi connectivity index (χ0) is 21.7. The summed E-state index contributed by atoms with van der Waals surface area (Å²) in [4.78, 5) is 12.0. The standard InChI is InChI=1S/C21H26O8S/c1-12-3-2-4-13-5-6-18(19(12)13)30(26,27)17-7-8-21(9-14(17)20(24)25)28-15(10-22)16(11-23)29-21/h2-4,9,15-18,22-23H,5-8,10-11H2,1H3,(H,24,25). The second-order valence-electron chi connectivity index (χ2n) is 8.19. The number of aliphatic hydroxyl groups excluding tert-OH is 2. The first-order valence-electron chi connectivity index (χ1n) is 10.1. The lowest BCUT2D eigenvalue weighted by Crippen LogP contribution is -2.41. The van der Waals surface area contributed by atoms with Crippen LogP contribution in [-0.2, 0) is 30.5 Å². The molecule has 1 aromatic rings. The summed E-state index contributed by atoms with van der Waals surface area (Å²) >= 11 is 0. The third kappa shape index (κ3) is 3.38. The lowest BCUT2D eigenvalue weighted by atomic mass is 9.94.